The van der Waals surface area contributed by atoms with Crippen molar-refractivity contribution in [2.24, 2.45) is 0 Å². The van der Waals surface area contributed by atoms with Crippen LogP contribution in [-0.2, 0) is 6.42 Å². The molecule has 4 nitrogen and oxygen atoms in total. The monoisotopic (exact) mass is 452 g/mol. The third-order valence-electron chi connectivity index (χ3n) is 7.11. The quantitative estimate of drug-likeness (QED) is 0.265. The van der Waals surface area contributed by atoms with Crippen molar-refractivity contribution in [1.29, 1.82) is 0 Å². The van der Waals surface area contributed by atoms with Crippen LogP contribution in [0.2, 0.25) is 0 Å². The highest BCUT2D eigenvalue weighted by Crippen LogP contribution is 2.39. The number of hydrogen-bond acceptors (Lipinski definition) is 3. The van der Waals surface area contributed by atoms with Gasteiger partial charge in [0, 0.05) is 27.6 Å². The maximum atomic E-state index is 6.30. The van der Waals surface area contributed by atoms with Crippen LogP contribution >= 0.6 is 0 Å². The van der Waals surface area contributed by atoms with Gasteiger partial charge in [0.25, 0.3) is 0 Å². The summed E-state index contributed by atoms with van der Waals surface area (Å²) >= 11 is 0. The molecule has 0 saturated carbocycles. The lowest BCUT2D eigenvalue weighted by Gasteiger charge is -2.07. The molecule has 7 aromatic rings. The van der Waals surface area contributed by atoms with E-state index in [4.69, 9.17) is 13.8 Å². The van der Waals surface area contributed by atoms with Crippen molar-refractivity contribution in [3.05, 3.63) is 102 Å². The van der Waals surface area contributed by atoms with Crippen LogP contribution in [0.3, 0.4) is 0 Å². The van der Waals surface area contributed by atoms with Crippen molar-refractivity contribution in [3.8, 4) is 17.1 Å². The minimum absolute atomic E-state index is 0.632. The molecule has 8 rings (SSSR count). The van der Waals surface area contributed by atoms with Gasteiger partial charge in [-0.2, -0.15) is 0 Å². The van der Waals surface area contributed by atoms with Gasteiger partial charge >= 0.3 is 0 Å². The van der Waals surface area contributed by atoms with E-state index < -0.39 is 0 Å². The molecule has 0 radical (unpaired) electrons. The van der Waals surface area contributed by atoms with E-state index in [9.17, 15) is 0 Å². The number of para-hydroxylation sites is 2. The molecular formula is C31H20N2O2. The molecule has 0 N–H and O–H groups in total. The molecule has 3 heterocycles. The third kappa shape index (κ3) is 2.65. The number of hydrogen-bond donors (Lipinski definition) is 0. The molecule has 0 aliphatic heterocycles. The van der Waals surface area contributed by atoms with Crippen molar-refractivity contribution < 1.29 is 8.83 Å². The molecule has 4 heteroatoms. The minimum atomic E-state index is 0.632. The molecule has 0 atom stereocenters. The second-order valence-electron chi connectivity index (χ2n) is 9.11. The SMILES string of the molecule is C1=Cc2oc3ccc4oc(-c5ccc6c(c5)c5ccccc5n6-c5ccccc5)nc4c3c2CC1. The number of fused-ring (bicyclic) bond motifs is 8. The number of furan rings is 1. The molecule has 1 aliphatic carbocycles. The normalized spacial score (nSPS) is 13.4. The summed E-state index contributed by atoms with van der Waals surface area (Å²) in [7, 11) is 0. The van der Waals surface area contributed by atoms with E-state index in [-0.39, 0.29) is 0 Å². The van der Waals surface area contributed by atoms with Crippen LogP contribution in [0.15, 0.2) is 99.8 Å². The topological polar surface area (TPSA) is 44.1 Å². The Morgan fingerprint density at radius 2 is 1.57 bits per heavy atom. The predicted molar refractivity (Wildman–Crippen MR) is 141 cm³/mol. The molecule has 35 heavy (non-hydrogen) atoms. The largest absolute Gasteiger partial charge is 0.456 e. The van der Waals surface area contributed by atoms with Gasteiger partial charge in [-0.25, -0.2) is 4.98 Å². The smallest absolute Gasteiger partial charge is 0.227 e. The van der Waals surface area contributed by atoms with E-state index in [1.807, 2.05) is 18.2 Å². The van der Waals surface area contributed by atoms with E-state index in [2.05, 4.69) is 83.4 Å². The van der Waals surface area contributed by atoms with E-state index >= 15 is 0 Å². The Kier molecular flexibility index (Phi) is 3.74. The van der Waals surface area contributed by atoms with Gasteiger partial charge in [-0.1, -0.05) is 42.5 Å². The number of allylic oxidation sites excluding steroid dienone is 1. The maximum Gasteiger partial charge on any atom is 0.227 e. The van der Waals surface area contributed by atoms with E-state index in [1.165, 1.54) is 21.9 Å². The van der Waals surface area contributed by atoms with Crippen molar-refractivity contribution in [1.82, 2.24) is 9.55 Å². The summed E-state index contributed by atoms with van der Waals surface area (Å²) in [5, 5.41) is 3.47. The highest BCUT2D eigenvalue weighted by atomic mass is 16.4. The number of rotatable bonds is 2. The van der Waals surface area contributed by atoms with Gasteiger partial charge in [-0.15, -0.1) is 0 Å². The molecule has 4 aromatic carbocycles. The molecular weight excluding hydrogens is 432 g/mol. The highest BCUT2D eigenvalue weighted by molar-refractivity contribution is 6.10. The van der Waals surface area contributed by atoms with Crippen LogP contribution in [0.4, 0.5) is 0 Å². The van der Waals surface area contributed by atoms with Crippen molar-refractivity contribution in [2.75, 3.05) is 0 Å². The summed E-state index contributed by atoms with van der Waals surface area (Å²) in [6.45, 7) is 0. The second kappa shape index (κ2) is 6.97. The van der Waals surface area contributed by atoms with Crippen LogP contribution < -0.4 is 0 Å². The number of aryl methyl sites for hydroxylation is 1. The minimum Gasteiger partial charge on any atom is -0.456 e. The summed E-state index contributed by atoms with van der Waals surface area (Å²) in [6, 6.07) is 29.5. The van der Waals surface area contributed by atoms with Crippen molar-refractivity contribution >= 4 is 50.0 Å². The summed E-state index contributed by atoms with van der Waals surface area (Å²) in [6.07, 6.45) is 6.22. The standard InChI is InChI=1S/C31H20N2O2/c1-2-8-20(9-3-1)33-24-12-6-4-10-21(24)23-18-19(14-15-25(23)33)31-32-30-28(35-31)17-16-27-29(30)22-11-5-7-13-26(22)34-27/h1-4,6-10,12-18H,5,11H2. The van der Waals surface area contributed by atoms with Gasteiger partial charge in [0.05, 0.1) is 16.4 Å². The molecule has 1 aliphatic rings. The van der Waals surface area contributed by atoms with Crippen LogP contribution in [0, 0.1) is 0 Å². The van der Waals surface area contributed by atoms with Gasteiger partial charge in [0.1, 0.15) is 16.9 Å². The van der Waals surface area contributed by atoms with Gasteiger partial charge in [0.15, 0.2) is 5.58 Å². The first-order valence-electron chi connectivity index (χ1n) is 12.0. The summed E-state index contributed by atoms with van der Waals surface area (Å²) in [5.74, 6) is 1.57. The van der Waals surface area contributed by atoms with E-state index in [1.54, 1.807) is 0 Å². The fourth-order valence-corrected chi connectivity index (χ4v) is 5.54. The number of oxazole rings is 1. The molecule has 166 valence electrons. The Bertz CT molecular complexity index is 1950. The van der Waals surface area contributed by atoms with Crippen LogP contribution in [-0.4, -0.2) is 9.55 Å². The summed E-state index contributed by atoms with van der Waals surface area (Å²) in [5.41, 5.74) is 8.23. The summed E-state index contributed by atoms with van der Waals surface area (Å²) in [4.78, 5) is 4.99. The fraction of sp³-hybridized carbons (Fsp3) is 0.0645. The third-order valence-corrected chi connectivity index (χ3v) is 7.11. The zero-order valence-corrected chi connectivity index (χ0v) is 18.9. The van der Waals surface area contributed by atoms with Crippen LogP contribution in [0.25, 0.3) is 67.1 Å². The van der Waals surface area contributed by atoms with Crippen LogP contribution in [0.1, 0.15) is 17.7 Å². The molecule has 0 unspecified atom stereocenters. The van der Waals surface area contributed by atoms with Crippen molar-refractivity contribution in [3.63, 3.8) is 0 Å². The lowest BCUT2D eigenvalue weighted by Crippen LogP contribution is -1.92. The lowest BCUT2D eigenvalue weighted by atomic mass is 10.0. The molecule has 0 amide bonds. The molecule has 0 saturated heterocycles. The number of aromatic nitrogens is 2. The van der Waals surface area contributed by atoms with Crippen LogP contribution in [0.5, 0.6) is 0 Å². The lowest BCUT2D eigenvalue weighted by molar-refractivity contribution is 0.595. The number of benzene rings is 4. The molecule has 3 aromatic heterocycles. The Morgan fingerprint density at radius 3 is 2.51 bits per heavy atom. The first-order chi connectivity index (χ1) is 17.3. The summed E-state index contributed by atoms with van der Waals surface area (Å²) < 4.78 is 14.7. The average molecular weight is 453 g/mol. The van der Waals surface area contributed by atoms with Crippen molar-refractivity contribution in [2.45, 2.75) is 12.8 Å². The first kappa shape index (κ1) is 18.8. The Hall–Kier alpha value is -4.57. The highest BCUT2D eigenvalue weighted by Gasteiger charge is 2.21. The average Bonchev–Trinajstić information content (AvgIpc) is 3.60. The van der Waals surface area contributed by atoms with Gasteiger partial charge in [-0.05, 0) is 67.4 Å². The van der Waals surface area contributed by atoms with E-state index in [0.29, 0.717) is 5.89 Å². The van der Waals surface area contributed by atoms with Gasteiger partial charge < -0.3 is 13.4 Å². The zero-order chi connectivity index (χ0) is 22.9. The molecule has 0 bridgehead atoms. The van der Waals surface area contributed by atoms with Gasteiger partial charge in [-0.3, -0.25) is 0 Å². The maximum absolute atomic E-state index is 6.30. The van der Waals surface area contributed by atoms with E-state index in [0.717, 1.165) is 57.4 Å². The Morgan fingerprint density at radius 1 is 0.743 bits per heavy atom. The number of nitrogens with zero attached hydrogens (tertiary/aromatic N) is 2. The first-order valence-corrected chi connectivity index (χ1v) is 12.0. The molecule has 0 fully saturated rings. The molecule has 0 spiro atoms. The predicted octanol–water partition coefficient (Wildman–Crippen LogP) is 8.30. The Balaban J connectivity index is 1.37. The second-order valence-corrected chi connectivity index (χ2v) is 9.11. The Labute approximate surface area is 200 Å². The fourth-order valence-electron chi connectivity index (χ4n) is 5.54. The van der Waals surface area contributed by atoms with Gasteiger partial charge in [0.2, 0.25) is 5.89 Å². The zero-order valence-electron chi connectivity index (χ0n) is 18.9.